The number of likely N-dealkylation sites (tertiary alicyclic amines) is 1. The van der Waals surface area contributed by atoms with Gasteiger partial charge in [-0.25, -0.2) is 0 Å². The van der Waals surface area contributed by atoms with Crippen molar-refractivity contribution >= 4 is 0 Å². The lowest BCUT2D eigenvalue weighted by Crippen LogP contribution is -2.42. The molecule has 0 radical (unpaired) electrons. The molecule has 1 saturated heterocycles. The molecule has 0 aliphatic carbocycles. The largest absolute Gasteiger partial charge is 0.313 e. The Morgan fingerprint density at radius 1 is 1.10 bits per heavy atom. The van der Waals surface area contributed by atoms with E-state index in [2.05, 4.69) is 44.8 Å². The summed E-state index contributed by atoms with van der Waals surface area (Å²) in [6.45, 7) is 16.8. The van der Waals surface area contributed by atoms with Crippen LogP contribution >= 0.6 is 0 Å². The maximum absolute atomic E-state index is 3.74. The number of rotatable bonds is 7. The zero-order valence-electron chi connectivity index (χ0n) is 14.7. The Morgan fingerprint density at radius 3 is 2.45 bits per heavy atom. The molecule has 0 aromatic heterocycles. The number of hydrogen-bond acceptors (Lipinski definition) is 2. The second-order valence-electron chi connectivity index (χ2n) is 7.73. The van der Waals surface area contributed by atoms with Crippen molar-refractivity contribution in [2.75, 3.05) is 26.2 Å². The first-order chi connectivity index (χ1) is 9.47. The SMILES string of the molecule is CCCNC(CCC)CN1CCCC(C(C)(C)C)CC1. The van der Waals surface area contributed by atoms with Crippen LogP contribution in [0.5, 0.6) is 0 Å². The van der Waals surface area contributed by atoms with Gasteiger partial charge in [-0.15, -0.1) is 0 Å². The van der Waals surface area contributed by atoms with Crippen LogP contribution in [0.4, 0.5) is 0 Å². The smallest absolute Gasteiger partial charge is 0.0194 e. The van der Waals surface area contributed by atoms with Crippen LogP contribution in [-0.4, -0.2) is 37.1 Å². The molecule has 2 heteroatoms. The molecule has 1 N–H and O–H groups in total. The average molecular weight is 283 g/mol. The van der Waals surface area contributed by atoms with Crippen molar-refractivity contribution in [2.24, 2.45) is 11.3 Å². The molecule has 0 aromatic rings. The molecule has 1 rings (SSSR count). The van der Waals surface area contributed by atoms with Gasteiger partial charge >= 0.3 is 0 Å². The minimum Gasteiger partial charge on any atom is -0.313 e. The molecule has 1 fully saturated rings. The van der Waals surface area contributed by atoms with Gasteiger partial charge in [0, 0.05) is 12.6 Å². The van der Waals surface area contributed by atoms with E-state index in [0.29, 0.717) is 11.5 Å². The van der Waals surface area contributed by atoms with Crippen molar-refractivity contribution in [3.63, 3.8) is 0 Å². The highest BCUT2D eigenvalue weighted by atomic mass is 15.1. The van der Waals surface area contributed by atoms with Gasteiger partial charge in [0.25, 0.3) is 0 Å². The second kappa shape index (κ2) is 9.04. The maximum Gasteiger partial charge on any atom is 0.0194 e. The van der Waals surface area contributed by atoms with Crippen LogP contribution in [0, 0.1) is 11.3 Å². The lowest BCUT2D eigenvalue weighted by atomic mass is 9.77. The Balaban J connectivity index is 2.42. The number of hydrogen-bond donors (Lipinski definition) is 1. The van der Waals surface area contributed by atoms with Gasteiger partial charge in [-0.2, -0.15) is 0 Å². The summed E-state index contributed by atoms with van der Waals surface area (Å²) in [5, 5.41) is 3.74. The first kappa shape index (κ1) is 18.0. The van der Waals surface area contributed by atoms with E-state index in [0.717, 1.165) is 5.92 Å². The van der Waals surface area contributed by atoms with E-state index in [4.69, 9.17) is 0 Å². The van der Waals surface area contributed by atoms with Crippen molar-refractivity contribution in [3.8, 4) is 0 Å². The second-order valence-corrected chi connectivity index (χ2v) is 7.73. The van der Waals surface area contributed by atoms with Gasteiger partial charge in [-0.1, -0.05) is 41.0 Å². The summed E-state index contributed by atoms with van der Waals surface area (Å²) < 4.78 is 0. The normalized spacial score (nSPS) is 23.6. The van der Waals surface area contributed by atoms with Crippen LogP contribution in [0.25, 0.3) is 0 Å². The first-order valence-corrected chi connectivity index (χ1v) is 8.93. The number of nitrogens with zero attached hydrogens (tertiary/aromatic N) is 1. The van der Waals surface area contributed by atoms with E-state index < -0.39 is 0 Å². The summed E-state index contributed by atoms with van der Waals surface area (Å²) in [7, 11) is 0. The van der Waals surface area contributed by atoms with Crippen LogP contribution in [-0.2, 0) is 0 Å². The predicted octanol–water partition coefficient (Wildman–Crippen LogP) is 4.30. The van der Waals surface area contributed by atoms with Crippen LogP contribution in [0.3, 0.4) is 0 Å². The third-order valence-corrected chi connectivity index (χ3v) is 4.84. The van der Waals surface area contributed by atoms with Gasteiger partial charge in [0.05, 0.1) is 0 Å². The van der Waals surface area contributed by atoms with Gasteiger partial charge in [0.2, 0.25) is 0 Å². The van der Waals surface area contributed by atoms with Crippen LogP contribution in [0.15, 0.2) is 0 Å². The van der Waals surface area contributed by atoms with E-state index in [1.54, 1.807) is 0 Å². The Kier molecular flexibility index (Phi) is 8.13. The summed E-state index contributed by atoms with van der Waals surface area (Å²) in [4.78, 5) is 2.72. The van der Waals surface area contributed by atoms with Crippen molar-refractivity contribution < 1.29 is 0 Å². The van der Waals surface area contributed by atoms with Crippen LogP contribution in [0.2, 0.25) is 0 Å². The van der Waals surface area contributed by atoms with Gasteiger partial charge < -0.3 is 10.2 Å². The lowest BCUT2D eigenvalue weighted by molar-refractivity contribution is 0.201. The summed E-state index contributed by atoms with van der Waals surface area (Å²) in [6, 6.07) is 0.700. The van der Waals surface area contributed by atoms with E-state index >= 15 is 0 Å². The minimum absolute atomic E-state index is 0.485. The molecule has 0 aromatic carbocycles. The van der Waals surface area contributed by atoms with Crippen LogP contribution < -0.4 is 5.32 Å². The molecule has 0 spiro atoms. The fourth-order valence-corrected chi connectivity index (χ4v) is 3.47. The monoisotopic (exact) mass is 282 g/mol. The van der Waals surface area contributed by atoms with Crippen molar-refractivity contribution in [3.05, 3.63) is 0 Å². The highest BCUT2D eigenvalue weighted by Gasteiger charge is 2.27. The zero-order valence-corrected chi connectivity index (χ0v) is 14.7. The minimum atomic E-state index is 0.485. The molecule has 120 valence electrons. The quantitative estimate of drug-likeness (QED) is 0.749. The van der Waals surface area contributed by atoms with Crippen LogP contribution in [0.1, 0.15) is 73.1 Å². The molecular weight excluding hydrogens is 244 g/mol. The van der Waals surface area contributed by atoms with E-state index in [1.165, 1.54) is 64.7 Å². The molecule has 1 aliphatic heterocycles. The molecule has 1 aliphatic rings. The predicted molar refractivity (Wildman–Crippen MR) is 90.2 cm³/mol. The Morgan fingerprint density at radius 2 is 1.85 bits per heavy atom. The van der Waals surface area contributed by atoms with E-state index in [9.17, 15) is 0 Å². The third-order valence-electron chi connectivity index (χ3n) is 4.84. The van der Waals surface area contributed by atoms with Gasteiger partial charge in [0.15, 0.2) is 0 Å². The fraction of sp³-hybridized carbons (Fsp3) is 1.00. The maximum atomic E-state index is 3.74. The van der Waals surface area contributed by atoms with Crippen molar-refractivity contribution in [1.29, 1.82) is 0 Å². The third kappa shape index (κ3) is 6.58. The first-order valence-electron chi connectivity index (χ1n) is 8.93. The highest BCUT2D eigenvalue weighted by Crippen LogP contribution is 2.34. The standard InChI is InChI=1S/C18H38N2/c1-6-9-17(19-12-7-2)15-20-13-8-10-16(11-14-20)18(3,4)5/h16-17,19H,6-15H2,1-5H3. The summed E-state index contributed by atoms with van der Waals surface area (Å²) in [5.41, 5.74) is 0.485. The molecule has 20 heavy (non-hydrogen) atoms. The van der Waals surface area contributed by atoms with E-state index in [-0.39, 0.29) is 0 Å². The Labute approximate surface area is 127 Å². The van der Waals surface area contributed by atoms with Crippen molar-refractivity contribution in [1.82, 2.24) is 10.2 Å². The average Bonchev–Trinajstić information content (AvgIpc) is 2.61. The van der Waals surface area contributed by atoms with Gasteiger partial charge in [0.1, 0.15) is 0 Å². The Hall–Kier alpha value is -0.0800. The molecule has 2 nitrogen and oxygen atoms in total. The highest BCUT2D eigenvalue weighted by molar-refractivity contribution is 4.80. The fourth-order valence-electron chi connectivity index (χ4n) is 3.47. The molecule has 0 bridgehead atoms. The van der Waals surface area contributed by atoms with Gasteiger partial charge in [-0.05, 0) is 63.1 Å². The summed E-state index contributed by atoms with van der Waals surface area (Å²) in [5.74, 6) is 0.903. The summed E-state index contributed by atoms with van der Waals surface area (Å²) in [6.07, 6.45) is 8.04. The lowest BCUT2D eigenvalue weighted by Gasteiger charge is -2.30. The topological polar surface area (TPSA) is 15.3 Å². The molecule has 0 amide bonds. The van der Waals surface area contributed by atoms with E-state index in [1.807, 2.05) is 0 Å². The zero-order chi connectivity index (χ0) is 15.0. The van der Waals surface area contributed by atoms with Gasteiger partial charge in [-0.3, -0.25) is 0 Å². The summed E-state index contributed by atoms with van der Waals surface area (Å²) >= 11 is 0. The van der Waals surface area contributed by atoms with Crippen molar-refractivity contribution in [2.45, 2.75) is 79.2 Å². The Bertz CT molecular complexity index is 244. The molecular formula is C18H38N2. The molecule has 0 saturated carbocycles. The number of nitrogens with one attached hydrogen (secondary N) is 1. The molecule has 1 heterocycles. The molecule has 2 unspecified atom stereocenters. The molecule has 2 atom stereocenters.